The number of hydrogen-bond acceptors (Lipinski definition) is 0. The summed E-state index contributed by atoms with van der Waals surface area (Å²) in [5, 5.41) is 0. The second-order valence-electron chi connectivity index (χ2n) is 3.43. The van der Waals surface area contributed by atoms with Crippen molar-refractivity contribution in [3.63, 3.8) is 0 Å². The minimum absolute atomic E-state index is 0.801. The first-order valence-electron chi connectivity index (χ1n) is 5.20. The Hall–Kier alpha value is -0.260. The first-order chi connectivity index (χ1) is 5.81. The first-order valence-corrected chi connectivity index (χ1v) is 5.20. The van der Waals surface area contributed by atoms with E-state index in [-0.39, 0.29) is 0 Å². The lowest BCUT2D eigenvalue weighted by atomic mass is 10.1. The lowest BCUT2D eigenvalue weighted by molar-refractivity contribution is 0.605. The highest BCUT2D eigenvalue weighted by Gasteiger charge is 1.92. The Morgan fingerprint density at radius 2 is 1.67 bits per heavy atom. The fourth-order valence-electron chi connectivity index (χ4n) is 1.26. The van der Waals surface area contributed by atoms with Crippen LogP contribution in [0.3, 0.4) is 0 Å². The van der Waals surface area contributed by atoms with Crippen LogP contribution in [0.5, 0.6) is 0 Å². The molecule has 0 heterocycles. The zero-order chi connectivity index (χ0) is 9.23. The molecule has 0 nitrogen and oxygen atoms in total. The molecule has 12 heavy (non-hydrogen) atoms. The van der Waals surface area contributed by atoms with Gasteiger partial charge < -0.3 is 0 Å². The monoisotopic (exact) mass is 166 g/mol. The molecule has 0 aromatic heterocycles. The Morgan fingerprint density at radius 3 is 2.25 bits per heavy atom. The van der Waals surface area contributed by atoms with Gasteiger partial charge in [-0.1, -0.05) is 51.2 Å². The number of unbranched alkanes of at least 4 members (excludes halogenated alkanes) is 5. The quantitative estimate of drug-likeness (QED) is 0.471. The summed E-state index contributed by atoms with van der Waals surface area (Å²) in [6.07, 6.45) is 9.94. The van der Waals surface area contributed by atoms with Gasteiger partial charge in [0.25, 0.3) is 0 Å². The van der Waals surface area contributed by atoms with E-state index < -0.39 is 0 Å². The van der Waals surface area contributed by atoms with Crippen LogP contribution in [-0.4, -0.2) is 0 Å². The molecule has 0 saturated carbocycles. The second-order valence-corrected chi connectivity index (χ2v) is 3.43. The third-order valence-electron chi connectivity index (χ3n) is 2.17. The molecule has 0 fully saturated rings. The van der Waals surface area contributed by atoms with Crippen LogP contribution in [0.25, 0.3) is 0 Å². The molecule has 0 aliphatic heterocycles. The molecule has 0 aromatic rings. The van der Waals surface area contributed by atoms with Crippen molar-refractivity contribution in [1.82, 2.24) is 0 Å². The Labute approximate surface area is 78.1 Å². The van der Waals surface area contributed by atoms with Crippen molar-refractivity contribution in [3.05, 3.63) is 19.1 Å². The van der Waals surface area contributed by atoms with E-state index in [1.165, 1.54) is 38.5 Å². The molecular formula is C12H22. The molecule has 0 bridgehead atoms. The summed E-state index contributed by atoms with van der Waals surface area (Å²) in [5.41, 5.74) is 1.06. The largest absolute Gasteiger partial charge is 0.0702 e. The summed E-state index contributed by atoms with van der Waals surface area (Å²) >= 11 is 0. The van der Waals surface area contributed by atoms with E-state index in [0.29, 0.717) is 0 Å². The molecule has 0 heteroatoms. The van der Waals surface area contributed by atoms with E-state index in [1.54, 1.807) is 0 Å². The highest BCUT2D eigenvalue weighted by Crippen LogP contribution is 2.11. The van der Waals surface area contributed by atoms with Crippen LogP contribution in [0, 0.1) is 13.5 Å². The Bertz CT molecular complexity index is 103. The van der Waals surface area contributed by atoms with E-state index in [4.69, 9.17) is 6.58 Å². The molecule has 0 aliphatic carbocycles. The van der Waals surface area contributed by atoms with Gasteiger partial charge in [-0.2, -0.15) is 0 Å². The summed E-state index contributed by atoms with van der Waals surface area (Å²) in [4.78, 5) is 0. The van der Waals surface area contributed by atoms with Crippen molar-refractivity contribution >= 4 is 0 Å². The normalized spacial score (nSPS) is 10.2. The SMILES string of the molecule is [CH]=C(C[CH2])CCCCCCCC. The van der Waals surface area contributed by atoms with Crippen molar-refractivity contribution in [2.75, 3.05) is 0 Å². The molecule has 70 valence electrons. The van der Waals surface area contributed by atoms with Crippen LogP contribution in [0.1, 0.15) is 58.3 Å². The third kappa shape index (κ3) is 7.84. The molecule has 0 aromatic carbocycles. The van der Waals surface area contributed by atoms with Crippen molar-refractivity contribution in [2.45, 2.75) is 58.3 Å². The van der Waals surface area contributed by atoms with Gasteiger partial charge in [-0.15, -0.1) is 0 Å². The van der Waals surface area contributed by atoms with Gasteiger partial charge in [0, 0.05) is 0 Å². The van der Waals surface area contributed by atoms with Crippen molar-refractivity contribution in [3.8, 4) is 0 Å². The average molecular weight is 166 g/mol. The number of allylic oxidation sites excluding steroid dienone is 1. The van der Waals surface area contributed by atoms with Gasteiger partial charge in [0.15, 0.2) is 0 Å². The summed E-state index contributed by atoms with van der Waals surface area (Å²) < 4.78 is 0. The second kappa shape index (κ2) is 8.83. The molecule has 0 N–H and O–H groups in total. The molecule has 0 spiro atoms. The maximum absolute atomic E-state index is 5.67. The first kappa shape index (κ1) is 11.7. The van der Waals surface area contributed by atoms with Gasteiger partial charge in [0.2, 0.25) is 0 Å². The van der Waals surface area contributed by atoms with Gasteiger partial charge in [-0.05, 0) is 26.2 Å². The summed E-state index contributed by atoms with van der Waals surface area (Å²) in [7, 11) is 0. The lowest BCUT2D eigenvalue weighted by Gasteiger charge is -2.01. The fourth-order valence-corrected chi connectivity index (χ4v) is 1.26. The number of hydrogen-bond donors (Lipinski definition) is 0. The summed E-state index contributed by atoms with van der Waals surface area (Å²) in [6.45, 7) is 11.7. The minimum atomic E-state index is 0.801. The lowest BCUT2D eigenvalue weighted by Crippen LogP contribution is -1.82. The molecule has 0 rings (SSSR count). The van der Waals surface area contributed by atoms with Gasteiger partial charge in [-0.25, -0.2) is 0 Å². The van der Waals surface area contributed by atoms with Crippen LogP contribution in [0.15, 0.2) is 5.57 Å². The summed E-state index contributed by atoms with van der Waals surface area (Å²) in [5.74, 6) is 0. The zero-order valence-corrected chi connectivity index (χ0v) is 8.44. The molecule has 0 saturated heterocycles. The standard InChI is InChI=1S/C12H22/c1-4-6-7-8-9-10-11-12(3)5-2/h3H,2,4-11H2,1H3. The Morgan fingerprint density at radius 1 is 1.08 bits per heavy atom. The fraction of sp³-hybridized carbons (Fsp3) is 0.750. The molecule has 0 atom stereocenters. The Kier molecular flexibility index (Phi) is 8.64. The van der Waals surface area contributed by atoms with E-state index >= 15 is 0 Å². The Balaban J connectivity index is 2.95. The predicted octanol–water partition coefficient (Wildman–Crippen LogP) is 4.32. The van der Waals surface area contributed by atoms with Gasteiger partial charge in [0.05, 0.1) is 0 Å². The molecule has 0 aliphatic rings. The van der Waals surface area contributed by atoms with E-state index in [9.17, 15) is 0 Å². The van der Waals surface area contributed by atoms with E-state index in [1.807, 2.05) is 0 Å². The van der Waals surface area contributed by atoms with Crippen LogP contribution in [0.4, 0.5) is 0 Å². The topological polar surface area (TPSA) is 0 Å². The van der Waals surface area contributed by atoms with Crippen LogP contribution in [-0.2, 0) is 0 Å². The van der Waals surface area contributed by atoms with Crippen LogP contribution in [0.2, 0.25) is 0 Å². The molecule has 2 radical (unpaired) electrons. The molecule has 0 amide bonds. The van der Waals surface area contributed by atoms with Crippen molar-refractivity contribution in [1.29, 1.82) is 0 Å². The van der Waals surface area contributed by atoms with Gasteiger partial charge in [-0.3, -0.25) is 0 Å². The minimum Gasteiger partial charge on any atom is -0.0702 e. The maximum atomic E-state index is 5.67. The summed E-state index contributed by atoms with van der Waals surface area (Å²) in [6, 6.07) is 0. The van der Waals surface area contributed by atoms with Crippen molar-refractivity contribution < 1.29 is 0 Å². The zero-order valence-electron chi connectivity index (χ0n) is 8.44. The van der Waals surface area contributed by atoms with E-state index in [2.05, 4.69) is 13.8 Å². The van der Waals surface area contributed by atoms with E-state index in [0.717, 1.165) is 18.4 Å². The van der Waals surface area contributed by atoms with Crippen molar-refractivity contribution in [2.24, 2.45) is 0 Å². The van der Waals surface area contributed by atoms with Gasteiger partial charge >= 0.3 is 0 Å². The smallest absolute Gasteiger partial charge is 0.0317 e. The number of rotatable bonds is 8. The van der Waals surface area contributed by atoms with Crippen LogP contribution >= 0.6 is 0 Å². The highest BCUT2D eigenvalue weighted by atomic mass is 14.0. The maximum Gasteiger partial charge on any atom is -0.0317 e. The van der Waals surface area contributed by atoms with Crippen LogP contribution < -0.4 is 0 Å². The predicted molar refractivity (Wildman–Crippen MR) is 55.8 cm³/mol. The highest BCUT2D eigenvalue weighted by molar-refractivity contribution is 4.91. The average Bonchev–Trinajstić information content (AvgIpc) is 2.10. The van der Waals surface area contributed by atoms with Gasteiger partial charge in [0.1, 0.15) is 0 Å². The third-order valence-corrected chi connectivity index (χ3v) is 2.17. The molecule has 0 unspecified atom stereocenters. The molecular weight excluding hydrogens is 144 g/mol.